The van der Waals surface area contributed by atoms with E-state index < -0.39 is 12.1 Å². The van der Waals surface area contributed by atoms with Crippen LogP contribution >= 0.6 is 11.6 Å². The van der Waals surface area contributed by atoms with E-state index in [4.69, 9.17) is 11.6 Å². The van der Waals surface area contributed by atoms with Crippen LogP contribution in [0.15, 0.2) is 24.3 Å². The zero-order valence-electron chi connectivity index (χ0n) is 11.3. The molecule has 1 aromatic carbocycles. The largest absolute Gasteiger partial charge is 0.471 e. The maximum atomic E-state index is 12.3. The predicted molar refractivity (Wildman–Crippen MR) is 73.9 cm³/mol. The highest BCUT2D eigenvalue weighted by molar-refractivity contribution is 6.30. The van der Waals surface area contributed by atoms with Crippen LogP contribution in [0.1, 0.15) is 18.4 Å². The summed E-state index contributed by atoms with van der Waals surface area (Å²) in [5.74, 6) is -1.74. The third-order valence-electron chi connectivity index (χ3n) is 3.53. The van der Waals surface area contributed by atoms with Crippen molar-refractivity contribution in [2.24, 2.45) is 0 Å². The number of nitrogens with one attached hydrogen (secondary N) is 1. The van der Waals surface area contributed by atoms with Gasteiger partial charge in [-0.25, -0.2) is 0 Å². The van der Waals surface area contributed by atoms with Gasteiger partial charge in [0.05, 0.1) is 0 Å². The Hall–Kier alpha value is -1.27. The van der Waals surface area contributed by atoms with Gasteiger partial charge in [-0.2, -0.15) is 13.2 Å². The molecule has 0 aliphatic carbocycles. The van der Waals surface area contributed by atoms with Crippen LogP contribution in [0.4, 0.5) is 13.2 Å². The predicted octanol–water partition coefficient (Wildman–Crippen LogP) is 2.98. The second kappa shape index (κ2) is 6.66. The van der Waals surface area contributed by atoms with E-state index in [2.05, 4.69) is 5.32 Å². The third kappa shape index (κ3) is 4.61. The molecule has 0 unspecified atom stereocenters. The lowest BCUT2D eigenvalue weighted by Crippen LogP contribution is -2.48. The second-order valence-electron chi connectivity index (χ2n) is 5.07. The Morgan fingerprint density at radius 3 is 2.33 bits per heavy atom. The molecule has 1 heterocycles. The summed E-state index contributed by atoms with van der Waals surface area (Å²) >= 11 is 5.79. The summed E-state index contributed by atoms with van der Waals surface area (Å²) in [6.07, 6.45) is -3.73. The van der Waals surface area contributed by atoms with Gasteiger partial charge < -0.3 is 10.2 Å². The fourth-order valence-corrected chi connectivity index (χ4v) is 2.46. The van der Waals surface area contributed by atoms with Gasteiger partial charge in [-0.3, -0.25) is 4.79 Å². The lowest BCUT2D eigenvalue weighted by Gasteiger charge is -2.32. The molecule has 0 atom stereocenters. The Bertz CT molecular complexity index is 482. The lowest BCUT2D eigenvalue weighted by atomic mass is 10.0. The number of carbonyl (C=O) groups is 1. The van der Waals surface area contributed by atoms with Crippen molar-refractivity contribution in [3.05, 3.63) is 34.9 Å². The van der Waals surface area contributed by atoms with Crippen molar-refractivity contribution >= 4 is 17.5 Å². The van der Waals surface area contributed by atoms with Gasteiger partial charge in [0, 0.05) is 30.7 Å². The molecule has 1 aromatic rings. The van der Waals surface area contributed by atoms with Gasteiger partial charge in [0.1, 0.15) is 0 Å². The van der Waals surface area contributed by atoms with Crippen LogP contribution in [0.3, 0.4) is 0 Å². The molecular weight excluding hydrogens is 305 g/mol. The number of hydrogen-bond donors (Lipinski definition) is 1. The number of amides is 1. The van der Waals surface area contributed by atoms with Crippen LogP contribution in [0, 0.1) is 0 Å². The van der Waals surface area contributed by atoms with Crippen LogP contribution in [-0.4, -0.2) is 36.1 Å². The van der Waals surface area contributed by atoms with Crippen molar-refractivity contribution in [1.29, 1.82) is 0 Å². The summed E-state index contributed by atoms with van der Waals surface area (Å²) < 4.78 is 36.9. The molecule has 7 heteroatoms. The average Bonchev–Trinajstić information content (AvgIpc) is 2.45. The Balaban J connectivity index is 1.77. The Morgan fingerprint density at radius 2 is 1.81 bits per heavy atom. The van der Waals surface area contributed by atoms with E-state index in [-0.39, 0.29) is 19.1 Å². The van der Waals surface area contributed by atoms with Crippen molar-refractivity contribution in [2.45, 2.75) is 31.6 Å². The molecule has 2 rings (SSSR count). The zero-order chi connectivity index (χ0) is 15.5. The van der Waals surface area contributed by atoms with E-state index in [1.165, 1.54) is 0 Å². The van der Waals surface area contributed by atoms with Crippen LogP contribution < -0.4 is 5.32 Å². The molecule has 3 nitrogen and oxygen atoms in total. The normalized spacial score (nSPS) is 17.0. The molecule has 0 bridgehead atoms. The highest BCUT2D eigenvalue weighted by Crippen LogP contribution is 2.21. The van der Waals surface area contributed by atoms with Crippen LogP contribution in [0.5, 0.6) is 0 Å². The van der Waals surface area contributed by atoms with Gasteiger partial charge in [0.15, 0.2) is 0 Å². The molecule has 0 aromatic heterocycles. The van der Waals surface area contributed by atoms with Gasteiger partial charge in [-0.1, -0.05) is 23.7 Å². The van der Waals surface area contributed by atoms with E-state index in [0.29, 0.717) is 24.4 Å². The molecule has 0 spiro atoms. The van der Waals surface area contributed by atoms with Gasteiger partial charge in [0.2, 0.25) is 0 Å². The zero-order valence-corrected chi connectivity index (χ0v) is 12.0. The average molecular weight is 321 g/mol. The summed E-state index contributed by atoms with van der Waals surface area (Å²) in [5.41, 5.74) is 1.06. The fourth-order valence-electron chi connectivity index (χ4n) is 2.33. The van der Waals surface area contributed by atoms with Crippen molar-refractivity contribution < 1.29 is 18.0 Å². The standard InChI is InChI=1S/C14H16ClF3N2O/c15-11-3-1-10(2-4-11)9-19-12-5-7-20(8-6-12)13(21)14(16,17)18/h1-4,12,19H,5-9H2. The first kappa shape index (κ1) is 16.1. The number of halogens is 4. The first-order valence-corrected chi connectivity index (χ1v) is 7.08. The first-order chi connectivity index (χ1) is 9.86. The number of benzene rings is 1. The monoisotopic (exact) mass is 320 g/mol. The molecule has 116 valence electrons. The Labute approximate surface area is 126 Å². The third-order valence-corrected chi connectivity index (χ3v) is 3.78. The van der Waals surface area contributed by atoms with E-state index >= 15 is 0 Å². The number of nitrogens with zero attached hydrogens (tertiary/aromatic N) is 1. The molecule has 1 saturated heterocycles. The first-order valence-electron chi connectivity index (χ1n) is 6.70. The number of alkyl halides is 3. The number of rotatable bonds is 3. The van der Waals surface area contributed by atoms with Gasteiger partial charge in [0.25, 0.3) is 0 Å². The van der Waals surface area contributed by atoms with E-state index in [0.717, 1.165) is 10.5 Å². The minimum atomic E-state index is -4.77. The molecule has 21 heavy (non-hydrogen) atoms. The molecule has 1 aliphatic rings. The number of likely N-dealkylation sites (tertiary alicyclic amines) is 1. The smallest absolute Gasteiger partial charge is 0.335 e. The maximum absolute atomic E-state index is 12.3. The highest BCUT2D eigenvalue weighted by atomic mass is 35.5. The summed E-state index contributed by atoms with van der Waals surface area (Å²) in [6.45, 7) is 0.905. The SMILES string of the molecule is O=C(N1CCC(NCc2ccc(Cl)cc2)CC1)C(F)(F)F. The van der Waals surface area contributed by atoms with E-state index in [1.54, 1.807) is 12.1 Å². The Kier molecular flexibility index (Phi) is 5.11. The quantitative estimate of drug-likeness (QED) is 0.928. The number of hydrogen-bond acceptors (Lipinski definition) is 2. The highest BCUT2D eigenvalue weighted by Gasteiger charge is 2.43. The lowest BCUT2D eigenvalue weighted by molar-refractivity contribution is -0.186. The summed E-state index contributed by atoms with van der Waals surface area (Å²) in [7, 11) is 0. The minimum Gasteiger partial charge on any atom is -0.335 e. The van der Waals surface area contributed by atoms with E-state index in [9.17, 15) is 18.0 Å². The van der Waals surface area contributed by atoms with Gasteiger partial charge >= 0.3 is 12.1 Å². The molecule has 1 amide bonds. The van der Waals surface area contributed by atoms with Crippen molar-refractivity contribution in [3.63, 3.8) is 0 Å². The Morgan fingerprint density at radius 1 is 1.24 bits per heavy atom. The van der Waals surface area contributed by atoms with Crippen molar-refractivity contribution in [1.82, 2.24) is 10.2 Å². The molecule has 0 radical (unpaired) electrons. The fraction of sp³-hybridized carbons (Fsp3) is 0.500. The van der Waals surface area contributed by atoms with Crippen LogP contribution in [0.2, 0.25) is 5.02 Å². The number of piperidine rings is 1. The van der Waals surface area contributed by atoms with Crippen LogP contribution in [-0.2, 0) is 11.3 Å². The van der Waals surface area contributed by atoms with Gasteiger partial charge in [-0.05, 0) is 30.5 Å². The number of carbonyl (C=O) groups excluding carboxylic acids is 1. The summed E-state index contributed by atoms with van der Waals surface area (Å²) in [6, 6.07) is 7.51. The summed E-state index contributed by atoms with van der Waals surface area (Å²) in [4.78, 5) is 12.0. The van der Waals surface area contributed by atoms with E-state index in [1.807, 2.05) is 12.1 Å². The minimum absolute atomic E-state index is 0.123. The molecule has 1 N–H and O–H groups in total. The molecular formula is C14H16ClF3N2O. The van der Waals surface area contributed by atoms with Crippen molar-refractivity contribution in [3.8, 4) is 0 Å². The van der Waals surface area contributed by atoms with Crippen molar-refractivity contribution in [2.75, 3.05) is 13.1 Å². The molecule has 1 fully saturated rings. The van der Waals surface area contributed by atoms with Crippen LogP contribution in [0.25, 0.3) is 0 Å². The second-order valence-corrected chi connectivity index (χ2v) is 5.51. The topological polar surface area (TPSA) is 32.3 Å². The molecule has 1 aliphatic heterocycles. The van der Waals surface area contributed by atoms with Gasteiger partial charge in [-0.15, -0.1) is 0 Å². The summed E-state index contributed by atoms with van der Waals surface area (Å²) in [5, 5.41) is 3.96. The maximum Gasteiger partial charge on any atom is 0.471 e. The molecule has 0 saturated carbocycles.